The first-order valence-corrected chi connectivity index (χ1v) is 11.1. The maximum atomic E-state index is 13.3. The number of furan rings is 1. The third-order valence-corrected chi connectivity index (χ3v) is 5.93. The van der Waals surface area contributed by atoms with E-state index in [9.17, 15) is 9.59 Å². The van der Waals surface area contributed by atoms with Crippen molar-refractivity contribution in [3.8, 4) is 0 Å². The molecule has 0 atom stereocenters. The summed E-state index contributed by atoms with van der Waals surface area (Å²) in [5.74, 6) is 1.78. The summed E-state index contributed by atoms with van der Waals surface area (Å²) >= 11 is 0. The van der Waals surface area contributed by atoms with E-state index in [0.29, 0.717) is 13.1 Å². The van der Waals surface area contributed by atoms with Gasteiger partial charge in [-0.15, -0.1) is 0 Å². The van der Waals surface area contributed by atoms with Gasteiger partial charge in [0.2, 0.25) is 11.8 Å². The molecule has 30 heavy (non-hydrogen) atoms. The Morgan fingerprint density at radius 2 is 1.77 bits per heavy atom. The Bertz CT molecular complexity index is 822. The van der Waals surface area contributed by atoms with Gasteiger partial charge in [0, 0.05) is 18.5 Å². The molecule has 1 heterocycles. The Morgan fingerprint density at radius 3 is 2.37 bits per heavy atom. The number of benzene rings is 1. The fourth-order valence-electron chi connectivity index (χ4n) is 4.13. The fourth-order valence-corrected chi connectivity index (χ4v) is 4.13. The molecule has 0 aliphatic heterocycles. The van der Waals surface area contributed by atoms with E-state index in [1.165, 1.54) is 5.56 Å². The molecule has 2 amide bonds. The number of carbonyl (C=O) groups is 2. The molecule has 1 aliphatic rings. The van der Waals surface area contributed by atoms with Crippen molar-refractivity contribution in [3.63, 3.8) is 0 Å². The molecule has 2 aromatic rings. The molecule has 0 bridgehead atoms. The van der Waals surface area contributed by atoms with Crippen LogP contribution in [0.5, 0.6) is 0 Å². The van der Waals surface area contributed by atoms with Gasteiger partial charge in [-0.2, -0.15) is 0 Å². The molecule has 5 heteroatoms. The van der Waals surface area contributed by atoms with Crippen LogP contribution in [0.1, 0.15) is 56.6 Å². The first kappa shape index (κ1) is 22.1. The second kappa shape index (κ2) is 10.5. The van der Waals surface area contributed by atoms with E-state index in [1.54, 1.807) is 4.90 Å². The standard InChI is InChI=1S/C25H34N2O3/c1-19(2)27(25(29)22-11-7-8-12-22)18-24(28)26(17-23-14-13-20(3)30-23)16-15-21-9-5-4-6-10-21/h4-6,9-10,13-14,19,22H,7-8,11-12,15-18H2,1-3H3. The molecular weight excluding hydrogens is 376 g/mol. The van der Waals surface area contributed by atoms with E-state index in [-0.39, 0.29) is 30.3 Å². The molecule has 0 unspecified atom stereocenters. The van der Waals surface area contributed by atoms with Gasteiger partial charge in [-0.05, 0) is 57.7 Å². The van der Waals surface area contributed by atoms with Crippen LogP contribution in [0.3, 0.4) is 0 Å². The highest BCUT2D eigenvalue weighted by atomic mass is 16.3. The van der Waals surface area contributed by atoms with Crippen LogP contribution in [0, 0.1) is 12.8 Å². The van der Waals surface area contributed by atoms with E-state index < -0.39 is 0 Å². The lowest BCUT2D eigenvalue weighted by Crippen LogP contribution is -2.47. The molecule has 0 radical (unpaired) electrons. The van der Waals surface area contributed by atoms with E-state index in [0.717, 1.165) is 43.6 Å². The zero-order valence-corrected chi connectivity index (χ0v) is 18.5. The normalized spacial score (nSPS) is 14.3. The van der Waals surface area contributed by atoms with Crippen LogP contribution in [0.2, 0.25) is 0 Å². The van der Waals surface area contributed by atoms with Crippen LogP contribution in [0.15, 0.2) is 46.9 Å². The molecule has 1 aliphatic carbocycles. The van der Waals surface area contributed by atoms with Crippen LogP contribution < -0.4 is 0 Å². The summed E-state index contributed by atoms with van der Waals surface area (Å²) in [6.45, 7) is 7.02. The first-order valence-electron chi connectivity index (χ1n) is 11.1. The van der Waals surface area contributed by atoms with Crippen LogP contribution >= 0.6 is 0 Å². The molecule has 1 saturated carbocycles. The summed E-state index contributed by atoms with van der Waals surface area (Å²) in [7, 11) is 0. The number of hydrogen-bond acceptors (Lipinski definition) is 3. The quantitative estimate of drug-likeness (QED) is 0.608. The summed E-state index contributed by atoms with van der Waals surface area (Å²) < 4.78 is 5.72. The maximum absolute atomic E-state index is 13.3. The van der Waals surface area contributed by atoms with Crippen molar-refractivity contribution in [1.29, 1.82) is 0 Å². The zero-order valence-electron chi connectivity index (χ0n) is 18.5. The Labute approximate surface area is 180 Å². The number of amides is 2. The predicted octanol–water partition coefficient (Wildman–Crippen LogP) is 4.59. The topological polar surface area (TPSA) is 53.8 Å². The maximum Gasteiger partial charge on any atom is 0.242 e. The van der Waals surface area contributed by atoms with Gasteiger partial charge in [0.25, 0.3) is 0 Å². The average Bonchev–Trinajstić information content (AvgIpc) is 3.41. The molecule has 1 aromatic carbocycles. The van der Waals surface area contributed by atoms with Gasteiger partial charge < -0.3 is 14.2 Å². The average molecular weight is 411 g/mol. The second-order valence-corrected chi connectivity index (χ2v) is 8.60. The van der Waals surface area contributed by atoms with Crippen LogP contribution in [0.25, 0.3) is 0 Å². The van der Waals surface area contributed by atoms with Gasteiger partial charge >= 0.3 is 0 Å². The summed E-state index contributed by atoms with van der Waals surface area (Å²) in [5, 5.41) is 0. The van der Waals surface area contributed by atoms with Crippen molar-refractivity contribution in [3.05, 3.63) is 59.5 Å². The Hall–Kier alpha value is -2.56. The number of nitrogens with zero attached hydrogens (tertiary/aromatic N) is 2. The summed E-state index contributed by atoms with van der Waals surface area (Å²) in [5.41, 5.74) is 1.19. The fraction of sp³-hybridized carbons (Fsp3) is 0.520. The van der Waals surface area contributed by atoms with Gasteiger partial charge in [-0.3, -0.25) is 9.59 Å². The molecule has 3 rings (SSSR count). The number of carbonyl (C=O) groups excluding carboxylic acids is 2. The Balaban J connectivity index is 1.70. The Kier molecular flexibility index (Phi) is 7.72. The lowest BCUT2D eigenvalue weighted by Gasteiger charge is -2.31. The van der Waals surface area contributed by atoms with Crippen molar-refractivity contribution >= 4 is 11.8 Å². The zero-order chi connectivity index (χ0) is 21.5. The molecular formula is C25H34N2O3. The second-order valence-electron chi connectivity index (χ2n) is 8.60. The van der Waals surface area contributed by atoms with E-state index in [4.69, 9.17) is 4.42 Å². The van der Waals surface area contributed by atoms with Crippen molar-refractivity contribution < 1.29 is 14.0 Å². The number of rotatable bonds is 9. The highest BCUT2D eigenvalue weighted by molar-refractivity contribution is 5.86. The molecule has 5 nitrogen and oxygen atoms in total. The van der Waals surface area contributed by atoms with Crippen LogP contribution in [0.4, 0.5) is 0 Å². The lowest BCUT2D eigenvalue weighted by molar-refractivity contribution is -0.144. The van der Waals surface area contributed by atoms with Gasteiger partial charge in [0.05, 0.1) is 13.1 Å². The summed E-state index contributed by atoms with van der Waals surface area (Å²) in [6.07, 6.45) is 4.87. The molecule has 0 saturated heterocycles. The monoisotopic (exact) mass is 410 g/mol. The minimum Gasteiger partial charge on any atom is -0.464 e. The molecule has 0 N–H and O–H groups in total. The molecule has 1 aromatic heterocycles. The highest BCUT2D eigenvalue weighted by Gasteiger charge is 2.31. The van der Waals surface area contributed by atoms with Gasteiger partial charge in [-0.25, -0.2) is 0 Å². The smallest absolute Gasteiger partial charge is 0.242 e. The SMILES string of the molecule is Cc1ccc(CN(CCc2ccccc2)C(=O)CN(C(=O)C2CCCC2)C(C)C)o1. The van der Waals surface area contributed by atoms with E-state index in [1.807, 2.05) is 56.0 Å². The van der Waals surface area contributed by atoms with Crippen molar-refractivity contribution in [2.45, 2.75) is 65.5 Å². The summed E-state index contributed by atoms with van der Waals surface area (Å²) in [6, 6.07) is 14.0. The molecule has 1 fully saturated rings. The summed E-state index contributed by atoms with van der Waals surface area (Å²) in [4.78, 5) is 29.9. The van der Waals surface area contributed by atoms with Crippen molar-refractivity contribution in [1.82, 2.24) is 9.80 Å². The van der Waals surface area contributed by atoms with E-state index in [2.05, 4.69) is 12.1 Å². The van der Waals surface area contributed by atoms with Crippen LogP contribution in [-0.4, -0.2) is 40.7 Å². The van der Waals surface area contributed by atoms with Gasteiger partial charge in [0.1, 0.15) is 11.5 Å². The molecule has 0 spiro atoms. The highest BCUT2D eigenvalue weighted by Crippen LogP contribution is 2.27. The van der Waals surface area contributed by atoms with Gasteiger partial charge in [0.15, 0.2) is 0 Å². The van der Waals surface area contributed by atoms with Gasteiger partial charge in [-0.1, -0.05) is 43.2 Å². The molecule has 162 valence electrons. The van der Waals surface area contributed by atoms with E-state index >= 15 is 0 Å². The third-order valence-electron chi connectivity index (χ3n) is 5.93. The Morgan fingerprint density at radius 1 is 1.07 bits per heavy atom. The minimum atomic E-state index is -0.0277. The predicted molar refractivity (Wildman–Crippen MR) is 118 cm³/mol. The third kappa shape index (κ3) is 5.97. The van der Waals surface area contributed by atoms with Crippen molar-refractivity contribution in [2.75, 3.05) is 13.1 Å². The number of aryl methyl sites for hydroxylation is 1. The minimum absolute atomic E-state index is 0.00359. The lowest BCUT2D eigenvalue weighted by atomic mass is 10.1. The van der Waals surface area contributed by atoms with Crippen LogP contribution in [-0.2, 0) is 22.6 Å². The number of hydrogen-bond donors (Lipinski definition) is 0. The first-order chi connectivity index (χ1) is 14.4. The van der Waals surface area contributed by atoms with Crippen molar-refractivity contribution in [2.24, 2.45) is 5.92 Å². The largest absolute Gasteiger partial charge is 0.464 e.